The number of amides is 1. The van der Waals surface area contributed by atoms with Gasteiger partial charge in [0.2, 0.25) is 5.91 Å². The average molecular weight is 400 g/mol. The van der Waals surface area contributed by atoms with Crippen molar-refractivity contribution in [3.8, 4) is 0 Å². The minimum Gasteiger partial charge on any atom is -0.368 e. The van der Waals surface area contributed by atoms with Crippen molar-refractivity contribution in [3.63, 3.8) is 0 Å². The SMILES string of the molecule is O=C(Cc1ccc2ncccc2c1)N[C@@H]1CCN(c2cncc(C(F)(F)F)c2)C1. The topological polar surface area (TPSA) is 58.1 Å². The fourth-order valence-corrected chi connectivity index (χ4v) is 3.57. The lowest BCUT2D eigenvalue weighted by atomic mass is 10.1. The molecule has 1 atom stereocenters. The highest BCUT2D eigenvalue weighted by atomic mass is 19.4. The fourth-order valence-electron chi connectivity index (χ4n) is 3.57. The number of aromatic nitrogens is 2. The molecule has 0 unspecified atom stereocenters. The van der Waals surface area contributed by atoms with Crippen molar-refractivity contribution in [1.82, 2.24) is 15.3 Å². The summed E-state index contributed by atoms with van der Waals surface area (Å²) in [7, 11) is 0. The van der Waals surface area contributed by atoms with Crippen LogP contribution >= 0.6 is 0 Å². The number of rotatable bonds is 4. The Morgan fingerprint density at radius 2 is 2.07 bits per heavy atom. The van der Waals surface area contributed by atoms with Crippen molar-refractivity contribution in [3.05, 3.63) is 66.1 Å². The summed E-state index contributed by atoms with van der Waals surface area (Å²) < 4.78 is 38.7. The van der Waals surface area contributed by atoms with Crippen molar-refractivity contribution < 1.29 is 18.0 Å². The first-order chi connectivity index (χ1) is 13.9. The van der Waals surface area contributed by atoms with E-state index in [0.29, 0.717) is 25.2 Å². The van der Waals surface area contributed by atoms with Gasteiger partial charge in [-0.25, -0.2) is 0 Å². The van der Waals surface area contributed by atoms with E-state index in [1.165, 1.54) is 6.20 Å². The Labute approximate surface area is 165 Å². The van der Waals surface area contributed by atoms with Crippen LogP contribution in [-0.2, 0) is 17.4 Å². The number of hydrogen-bond donors (Lipinski definition) is 1. The molecule has 8 heteroatoms. The van der Waals surface area contributed by atoms with Crippen LogP contribution in [0.25, 0.3) is 10.9 Å². The molecule has 150 valence electrons. The molecule has 3 aromatic rings. The van der Waals surface area contributed by atoms with E-state index in [4.69, 9.17) is 0 Å². The van der Waals surface area contributed by atoms with Crippen LogP contribution in [0, 0.1) is 0 Å². The Morgan fingerprint density at radius 3 is 2.90 bits per heavy atom. The minimum absolute atomic E-state index is 0.109. The van der Waals surface area contributed by atoms with Gasteiger partial charge in [0.25, 0.3) is 0 Å². The van der Waals surface area contributed by atoms with Gasteiger partial charge in [0.05, 0.1) is 29.4 Å². The molecular formula is C21H19F3N4O. The molecule has 4 rings (SSSR count). The molecule has 2 aromatic heterocycles. The summed E-state index contributed by atoms with van der Waals surface area (Å²) in [6.45, 7) is 1.02. The zero-order valence-electron chi connectivity index (χ0n) is 15.5. The Bertz CT molecular complexity index is 1040. The van der Waals surface area contributed by atoms with Crippen LogP contribution in [0.2, 0.25) is 0 Å². The molecule has 0 bridgehead atoms. The van der Waals surface area contributed by atoms with Gasteiger partial charge >= 0.3 is 6.18 Å². The number of fused-ring (bicyclic) bond motifs is 1. The summed E-state index contributed by atoms with van der Waals surface area (Å²) in [4.78, 5) is 22.2. The van der Waals surface area contributed by atoms with E-state index in [1.807, 2.05) is 35.2 Å². The maximum Gasteiger partial charge on any atom is 0.417 e. The number of nitrogens with zero attached hydrogens (tertiary/aromatic N) is 3. The average Bonchev–Trinajstić information content (AvgIpc) is 3.15. The maximum atomic E-state index is 12.9. The molecule has 1 aliphatic rings. The summed E-state index contributed by atoms with van der Waals surface area (Å²) in [6, 6.07) is 10.5. The van der Waals surface area contributed by atoms with Crippen LogP contribution in [0.1, 0.15) is 17.5 Å². The van der Waals surface area contributed by atoms with Crippen molar-refractivity contribution in [2.24, 2.45) is 0 Å². The highest BCUT2D eigenvalue weighted by molar-refractivity contribution is 5.83. The third kappa shape index (κ3) is 4.47. The summed E-state index contributed by atoms with van der Waals surface area (Å²) in [5.41, 5.74) is 1.41. The molecular weight excluding hydrogens is 381 g/mol. The van der Waals surface area contributed by atoms with Gasteiger partial charge in [-0.1, -0.05) is 12.1 Å². The lowest BCUT2D eigenvalue weighted by Gasteiger charge is -2.20. The Kier molecular flexibility index (Phi) is 5.08. The molecule has 1 aliphatic heterocycles. The van der Waals surface area contributed by atoms with E-state index in [9.17, 15) is 18.0 Å². The molecule has 1 N–H and O–H groups in total. The van der Waals surface area contributed by atoms with Crippen molar-refractivity contribution in [2.75, 3.05) is 18.0 Å². The largest absolute Gasteiger partial charge is 0.417 e. The lowest BCUT2D eigenvalue weighted by Crippen LogP contribution is -2.38. The molecule has 5 nitrogen and oxygen atoms in total. The second-order valence-corrected chi connectivity index (χ2v) is 7.14. The molecule has 0 saturated carbocycles. The van der Waals surface area contributed by atoms with Crippen LogP contribution in [0.3, 0.4) is 0 Å². The van der Waals surface area contributed by atoms with Gasteiger partial charge in [0, 0.05) is 36.9 Å². The number of benzene rings is 1. The third-order valence-electron chi connectivity index (χ3n) is 5.00. The molecule has 3 heterocycles. The number of carbonyl (C=O) groups is 1. The van der Waals surface area contributed by atoms with E-state index >= 15 is 0 Å². The van der Waals surface area contributed by atoms with Crippen LogP contribution < -0.4 is 10.2 Å². The highest BCUT2D eigenvalue weighted by Gasteiger charge is 2.32. The van der Waals surface area contributed by atoms with E-state index in [-0.39, 0.29) is 18.4 Å². The number of nitrogens with one attached hydrogen (secondary N) is 1. The molecule has 1 aromatic carbocycles. The summed E-state index contributed by atoms with van der Waals surface area (Å²) in [5.74, 6) is -0.109. The second-order valence-electron chi connectivity index (χ2n) is 7.14. The predicted molar refractivity (Wildman–Crippen MR) is 103 cm³/mol. The molecule has 0 radical (unpaired) electrons. The van der Waals surface area contributed by atoms with Gasteiger partial charge in [-0.05, 0) is 36.2 Å². The van der Waals surface area contributed by atoms with Crippen molar-refractivity contribution >= 4 is 22.5 Å². The zero-order chi connectivity index (χ0) is 20.4. The first-order valence-electron chi connectivity index (χ1n) is 9.29. The number of pyridine rings is 2. The van der Waals surface area contributed by atoms with Gasteiger partial charge in [-0.15, -0.1) is 0 Å². The lowest BCUT2D eigenvalue weighted by molar-refractivity contribution is -0.137. The number of anilines is 1. The van der Waals surface area contributed by atoms with E-state index < -0.39 is 11.7 Å². The maximum absolute atomic E-state index is 12.9. The van der Waals surface area contributed by atoms with Crippen LogP contribution in [0.5, 0.6) is 0 Å². The normalized spacial score (nSPS) is 16.9. The number of alkyl halides is 3. The van der Waals surface area contributed by atoms with Gasteiger partial charge < -0.3 is 10.2 Å². The third-order valence-corrected chi connectivity index (χ3v) is 5.00. The Morgan fingerprint density at radius 1 is 1.21 bits per heavy atom. The molecule has 0 aliphatic carbocycles. The van der Waals surface area contributed by atoms with Gasteiger partial charge in [0.15, 0.2) is 0 Å². The van der Waals surface area contributed by atoms with E-state index in [1.54, 1.807) is 6.20 Å². The quantitative estimate of drug-likeness (QED) is 0.727. The van der Waals surface area contributed by atoms with Crippen molar-refractivity contribution in [1.29, 1.82) is 0 Å². The minimum atomic E-state index is -4.42. The Hall–Kier alpha value is -3.16. The fraction of sp³-hybridized carbons (Fsp3) is 0.286. The first kappa shape index (κ1) is 19.2. The molecule has 1 saturated heterocycles. The summed E-state index contributed by atoms with van der Waals surface area (Å²) in [5, 5.41) is 3.96. The Balaban J connectivity index is 1.36. The smallest absolute Gasteiger partial charge is 0.368 e. The van der Waals surface area contributed by atoms with Gasteiger partial charge in [-0.3, -0.25) is 14.8 Å². The van der Waals surface area contributed by atoms with Crippen LogP contribution in [0.4, 0.5) is 18.9 Å². The predicted octanol–water partition coefficient (Wildman–Crippen LogP) is 3.59. The number of carbonyl (C=O) groups excluding carboxylic acids is 1. The van der Waals surface area contributed by atoms with Crippen LogP contribution in [0.15, 0.2) is 55.0 Å². The standard InChI is InChI=1S/C21H19F3N4O/c22-21(23,24)16-10-18(12-25-11-16)28-7-5-17(13-28)27-20(29)9-14-3-4-19-15(8-14)2-1-6-26-19/h1-4,6,8,10-12,17H,5,7,9,13H2,(H,27,29)/t17-/m1/s1. The zero-order valence-corrected chi connectivity index (χ0v) is 15.5. The summed E-state index contributed by atoms with van der Waals surface area (Å²) in [6.07, 6.45) is 0.447. The van der Waals surface area contributed by atoms with Gasteiger partial charge in [-0.2, -0.15) is 13.2 Å². The van der Waals surface area contributed by atoms with Crippen LogP contribution in [-0.4, -0.2) is 35.0 Å². The highest BCUT2D eigenvalue weighted by Crippen LogP contribution is 2.31. The molecule has 29 heavy (non-hydrogen) atoms. The first-order valence-corrected chi connectivity index (χ1v) is 9.29. The number of hydrogen-bond acceptors (Lipinski definition) is 4. The monoisotopic (exact) mass is 400 g/mol. The molecule has 1 fully saturated rings. The molecule has 0 spiro atoms. The second kappa shape index (κ2) is 7.69. The van der Waals surface area contributed by atoms with Crippen molar-refractivity contribution in [2.45, 2.75) is 25.1 Å². The van der Waals surface area contributed by atoms with E-state index in [2.05, 4.69) is 15.3 Å². The summed E-state index contributed by atoms with van der Waals surface area (Å²) >= 11 is 0. The van der Waals surface area contributed by atoms with E-state index in [0.717, 1.165) is 28.7 Å². The van der Waals surface area contributed by atoms with Gasteiger partial charge in [0.1, 0.15) is 0 Å². The number of halogens is 3. The molecule has 1 amide bonds.